The third-order valence-corrected chi connectivity index (χ3v) is 4.79. The van der Waals surface area contributed by atoms with Gasteiger partial charge >= 0.3 is 0 Å². The SMILES string of the molecule is CCCNS(=O)(=O)N(C)C1CCC(N)CC1. The molecule has 16 heavy (non-hydrogen) atoms. The molecule has 96 valence electrons. The van der Waals surface area contributed by atoms with Gasteiger partial charge < -0.3 is 5.73 Å². The highest BCUT2D eigenvalue weighted by Gasteiger charge is 2.28. The van der Waals surface area contributed by atoms with Crippen LogP contribution in [0.4, 0.5) is 0 Å². The second-order valence-electron chi connectivity index (χ2n) is 4.48. The molecule has 0 aliphatic heterocycles. The lowest BCUT2D eigenvalue weighted by molar-refractivity contribution is 0.266. The molecule has 0 radical (unpaired) electrons. The average molecular weight is 249 g/mol. The molecule has 0 saturated heterocycles. The van der Waals surface area contributed by atoms with E-state index in [1.807, 2.05) is 6.92 Å². The van der Waals surface area contributed by atoms with Gasteiger partial charge in [-0.25, -0.2) is 4.72 Å². The highest BCUT2D eigenvalue weighted by Crippen LogP contribution is 2.22. The molecule has 6 heteroatoms. The minimum Gasteiger partial charge on any atom is -0.328 e. The molecule has 0 aromatic heterocycles. The predicted octanol–water partition coefficient (Wildman–Crippen LogP) is 0.433. The Bertz CT molecular complexity index is 297. The normalized spacial score (nSPS) is 27.2. The lowest BCUT2D eigenvalue weighted by Gasteiger charge is -2.32. The van der Waals surface area contributed by atoms with E-state index in [1.165, 1.54) is 4.31 Å². The van der Waals surface area contributed by atoms with Gasteiger partial charge in [-0.3, -0.25) is 0 Å². The fourth-order valence-corrected chi connectivity index (χ4v) is 3.26. The van der Waals surface area contributed by atoms with Gasteiger partial charge in [0.15, 0.2) is 0 Å². The van der Waals surface area contributed by atoms with Crippen LogP contribution in [0.25, 0.3) is 0 Å². The molecule has 0 atom stereocenters. The van der Waals surface area contributed by atoms with Crippen LogP contribution in [0.2, 0.25) is 0 Å². The first-order chi connectivity index (χ1) is 7.47. The van der Waals surface area contributed by atoms with E-state index in [1.54, 1.807) is 7.05 Å². The first kappa shape index (κ1) is 13.9. The van der Waals surface area contributed by atoms with Gasteiger partial charge in [0.2, 0.25) is 0 Å². The molecule has 1 aliphatic rings. The number of hydrogen-bond donors (Lipinski definition) is 2. The summed E-state index contributed by atoms with van der Waals surface area (Å²) in [6.07, 6.45) is 4.37. The second kappa shape index (κ2) is 5.95. The summed E-state index contributed by atoms with van der Waals surface area (Å²) in [6.45, 7) is 2.45. The zero-order valence-electron chi connectivity index (χ0n) is 10.1. The maximum absolute atomic E-state index is 11.9. The van der Waals surface area contributed by atoms with Gasteiger partial charge in [0.05, 0.1) is 0 Å². The van der Waals surface area contributed by atoms with Gasteiger partial charge in [-0.05, 0) is 32.1 Å². The highest BCUT2D eigenvalue weighted by atomic mass is 32.2. The molecule has 1 fully saturated rings. The lowest BCUT2D eigenvalue weighted by atomic mass is 9.92. The Morgan fingerprint density at radius 2 is 1.88 bits per heavy atom. The third kappa shape index (κ3) is 3.69. The van der Waals surface area contributed by atoms with Crippen molar-refractivity contribution in [2.75, 3.05) is 13.6 Å². The molecule has 5 nitrogen and oxygen atoms in total. The summed E-state index contributed by atoms with van der Waals surface area (Å²) in [5, 5.41) is 0. The highest BCUT2D eigenvalue weighted by molar-refractivity contribution is 7.87. The lowest BCUT2D eigenvalue weighted by Crippen LogP contribution is -2.46. The van der Waals surface area contributed by atoms with Crippen LogP contribution in [0, 0.1) is 0 Å². The van der Waals surface area contributed by atoms with Crippen LogP contribution >= 0.6 is 0 Å². The van der Waals surface area contributed by atoms with E-state index in [0.717, 1.165) is 32.1 Å². The van der Waals surface area contributed by atoms with Crippen molar-refractivity contribution in [2.45, 2.75) is 51.1 Å². The predicted molar refractivity (Wildman–Crippen MR) is 65.2 cm³/mol. The quantitative estimate of drug-likeness (QED) is 0.742. The van der Waals surface area contributed by atoms with Crippen molar-refractivity contribution in [1.29, 1.82) is 0 Å². The monoisotopic (exact) mass is 249 g/mol. The van der Waals surface area contributed by atoms with Crippen LogP contribution < -0.4 is 10.5 Å². The van der Waals surface area contributed by atoms with Gasteiger partial charge in [-0.2, -0.15) is 12.7 Å². The maximum atomic E-state index is 11.9. The Kier molecular flexibility index (Phi) is 5.17. The largest absolute Gasteiger partial charge is 0.328 e. The Balaban J connectivity index is 2.52. The fraction of sp³-hybridized carbons (Fsp3) is 1.00. The van der Waals surface area contributed by atoms with Crippen LogP contribution in [-0.2, 0) is 10.2 Å². The summed E-state index contributed by atoms with van der Waals surface area (Å²) < 4.78 is 27.8. The van der Waals surface area contributed by atoms with E-state index in [0.29, 0.717) is 6.54 Å². The molecule has 0 heterocycles. The summed E-state index contributed by atoms with van der Waals surface area (Å²) >= 11 is 0. The first-order valence-electron chi connectivity index (χ1n) is 5.95. The minimum absolute atomic E-state index is 0.106. The number of nitrogens with zero attached hydrogens (tertiary/aromatic N) is 1. The molecule has 0 amide bonds. The van der Waals surface area contributed by atoms with Crippen LogP contribution in [0.5, 0.6) is 0 Å². The van der Waals surface area contributed by atoms with Gasteiger partial charge in [-0.15, -0.1) is 0 Å². The van der Waals surface area contributed by atoms with E-state index >= 15 is 0 Å². The summed E-state index contributed by atoms with van der Waals surface area (Å²) in [5.41, 5.74) is 5.80. The summed E-state index contributed by atoms with van der Waals surface area (Å²) in [5.74, 6) is 0. The molecule has 0 bridgehead atoms. The second-order valence-corrected chi connectivity index (χ2v) is 6.30. The summed E-state index contributed by atoms with van der Waals surface area (Å²) in [7, 11) is -1.64. The Labute approximate surface area is 98.6 Å². The van der Waals surface area contributed by atoms with Crippen molar-refractivity contribution in [3.63, 3.8) is 0 Å². The molecule has 0 aromatic carbocycles. The van der Waals surface area contributed by atoms with Gasteiger partial charge in [0.25, 0.3) is 10.2 Å². The third-order valence-electron chi connectivity index (χ3n) is 3.17. The maximum Gasteiger partial charge on any atom is 0.279 e. The molecule has 0 aromatic rings. The van der Waals surface area contributed by atoms with E-state index in [-0.39, 0.29) is 12.1 Å². The standard InChI is InChI=1S/C10H23N3O2S/c1-3-8-12-16(14,15)13(2)10-6-4-9(11)5-7-10/h9-10,12H,3-8,11H2,1-2H3. The minimum atomic E-state index is -3.30. The van der Waals surface area contributed by atoms with Crippen LogP contribution in [0.1, 0.15) is 39.0 Å². The zero-order valence-corrected chi connectivity index (χ0v) is 11.0. The number of hydrogen-bond acceptors (Lipinski definition) is 3. The van der Waals surface area contributed by atoms with Gasteiger partial charge in [-0.1, -0.05) is 6.92 Å². The zero-order chi connectivity index (χ0) is 12.2. The molecular weight excluding hydrogens is 226 g/mol. The van der Waals surface area contributed by atoms with Crippen molar-refractivity contribution < 1.29 is 8.42 Å². The summed E-state index contributed by atoms with van der Waals surface area (Å²) in [4.78, 5) is 0. The van der Waals surface area contributed by atoms with E-state index in [4.69, 9.17) is 5.73 Å². The van der Waals surface area contributed by atoms with Crippen LogP contribution in [0.3, 0.4) is 0 Å². The molecule has 0 spiro atoms. The molecule has 1 rings (SSSR count). The molecule has 1 aliphatic carbocycles. The van der Waals surface area contributed by atoms with Crippen molar-refractivity contribution in [3.05, 3.63) is 0 Å². The number of nitrogens with one attached hydrogen (secondary N) is 1. The van der Waals surface area contributed by atoms with E-state index in [2.05, 4.69) is 4.72 Å². The van der Waals surface area contributed by atoms with Crippen LogP contribution in [-0.4, -0.2) is 38.4 Å². The topological polar surface area (TPSA) is 75.4 Å². The Morgan fingerprint density at radius 3 is 2.38 bits per heavy atom. The van der Waals surface area contributed by atoms with Crippen molar-refractivity contribution in [3.8, 4) is 0 Å². The smallest absolute Gasteiger partial charge is 0.279 e. The van der Waals surface area contributed by atoms with E-state index in [9.17, 15) is 8.42 Å². The average Bonchev–Trinajstić information content (AvgIpc) is 2.26. The van der Waals surface area contributed by atoms with Crippen molar-refractivity contribution >= 4 is 10.2 Å². The molecule has 3 N–H and O–H groups in total. The number of nitrogens with two attached hydrogens (primary N) is 1. The number of rotatable bonds is 5. The fourth-order valence-electron chi connectivity index (χ4n) is 1.99. The molecule has 1 saturated carbocycles. The summed E-state index contributed by atoms with van der Waals surface area (Å²) in [6, 6.07) is 0.352. The van der Waals surface area contributed by atoms with E-state index < -0.39 is 10.2 Å². The Morgan fingerprint density at radius 1 is 1.31 bits per heavy atom. The van der Waals surface area contributed by atoms with Crippen molar-refractivity contribution in [1.82, 2.24) is 9.03 Å². The van der Waals surface area contributed by atoms with Gasteiger partial charge in [0.1, 0.15) is 0 Å². The Hall–Kier alpha value is -0.170. The van der Waals surface area contributed by atoms with Crippen molar-refractivity contribution in [2.24, 2.45) is 5.73 Å². The first-order valence-corrected chi connectivity index (χ1v) is 7.39. The molecule has 0 unspecified atom stereocenters. The van der Waals surface area contributed by atoms with Gasteiger partial charge in [0, 0.05) is 25.7 Å². The molecular formula is C10H23N3O2S. The van der Waals surface area contributed by atoms with Crippen LogP contribution in [0.15, 0.2) is 0 Å².